The minimum Gasteiger partial charge on any atom is -0.463 e. The van der Waals surface area contributed by atoms with Gasteiger partial charge in [-0.25, -0.2) is 9.59 Å². The molecule has 0 aromatic heterocycles. The van der Waals surface area contributed by atoms with Gasteiger partial charge >= 0.3 is 11.9 Å². The van der Waals surface area contributed by atoms with Crippen molar-refractivity contribution in [3.8, 4) is 0 Å². The minimum atomic E-state index is -0.338. The van der Waals surface area contributed by atoms with Crippen LogP contribution in [0.25, 0.3) is 0 Å². The van der Waals surface area contributed by atoms with Gasteiger partial charge in [0.2, 0.25) is 0 Å². The number of carbonyl (C=O) groups excluding carboxylic acids is 2. The largest absolute Gasteiger partial charge is 0.463 e. The van der Waals surface area contributed by atoms with E-state index in [9.17, 15) is 9.59 Å². The van der Waals surface area contributed by atoms with Crippen LogP contribution in [0.1, 0.15) is 43.7 Å². The molecule has 0 atom stereocenters. The third-order valence-electron chi connectivity index (χ3n) is 4.40. The molecule has 0 aliphatic carbocycles. The first-order valence-corrected chi connectivity index (χ1v) is 10.7. The molecule has 0 radical (unpaired) electrons. The summed E-state index contributed by atoms with van der Waals surface area (Å²) in [5.74, 6) is -0.630. The van der Waals surface area contributed by atoms with Crippen molar-refractivity contribution in [2.75, 3.05) is 13.2 Å². The molecule has 2 aromatic rings. The Morgan fingerprint density at radius 3 is 1.65 bits per heavy atom. The highest BCUT2D eigenvalue weighted by molar-refractivity contribution is 5.86. The van der Waals surface area contributed by atoms with Crippen LogP contribution in [0.5, 0.6) is 0 Å². The molecule has 0 aliphatic rings. The predicted octanol–water partition coefficient (Wildman–Crippen LogP) is 5.87. The first kappa shape index (κ1) is 25.9. The molecule has 0 aliphatic heterocycles. The molecule has 4 heteroatoms. The SMILES string of the molecule is C=C(C)C(=O)OCCCCc1ccccc1.C=CC(=O)OCCCCc1ccccc1. The highest BCUT2D eigenvalue weighted by atomic mass is 16.5. The summed E-state index contributed by atoms with van der Waals surface area (Å²) in [4.78, 5) is 21.8. The van der Waals surface area contributed by atoms with Crippen LogP contribution in [-0.2, 0) is 31.9 Å². The zero-order chi connectivity index (χ0) is 22.7. The number of ether oxygens (including phenoxy) is 2. The Kier molecular flexibility index (Phi) is 13.9. The van der Waals surface area contributed by atoms with E-state index in [1.165, 1.54) is 17.2 Å². The average molecular weight is 423 g/mol. The summed E-state index contributed by atoms with van der Waals surface area (Å²) in [6, 6.07) is 20.6. The fourth-order valence-corrected chi connectivity index (χ4v) is 2.67. The topological polar surface area (TPSA) is 52.6 Å². The number of unbranched alkanes of at least 4 members (excludes halogenated alkanes) is 2. The van der Waals surface area contributed by atoms with Crippen molar-refractivity contribution in [2.24, 2.45) is 0 Å². The second-order valence-electron chi connectivity index (χ2n) is 7.17. The van der Waals surface area contributed by atoms with Gasteiger partial charge in [-0.05, 0) is 56.6 Å². The van der Waals surface area contributed by atoms with Crippen LogP contribution in [0.3, 0.4) is 0 Å². The molecule has 166 valence electrons. The van der Waals surface area contributed by atoms with Crippen molar-refractivity contribution in [2.45, 2.75) is 45.4 Å². The van der Waals surface area contributed by atoms with Crippen LogP contribution < -0.4 is 0 Å². The molecule has 0 unspecified atom stereocenters. The normalized spacial score (nSPS) is 9.71. The summed E-state index contributed by atoms with van der Waals surface area (Å²) in [5, 5.41) is 0. The molecule has 0 bridgehead atoms. The van der Waals surface area contributed by atoms with Crippen LogP contribution in [-0.4, -0.2) is 25.2 Å². The number of benzene rings is 2. The molecule has 0 saturated carbocycles. The maximum Gasteiger partial charge on any atom is 0.333 e. The Balaban J connectivity index is 0.000000311. The molecule has 0 amide bonds. The first-order valence-electron chi connectivity index (χ1n) is 10.7. The van der Waals surface area contributed by atoms with Gasteiger partial charge in [0, 0.05) is 11.6 Å². The number of hydrogen-bond acceptors (Lipinski definition) is 4. The maximum absolute atomic E-state index is 11.1. The number of aryl methyl sites for hydroxylation is 2. The van der Waals surface area contributed by atoms with E-state index in [4.69, 9.17) is 9.47 Å². The Bertz CT molecular complexity index is 781. The Morgan fingerprint density at radius 2 is 1.23 bits per heavy atom. The van der Waals surface area contributed by atoms with Gasteiger partial charge < -0.3 is 9.47 Å². The first-order chi connectivity index (χ1) is 15.0. The third-order valence-corrected chi connectivity index (χ3v) is 4.40. The maximum atomic E-state index is 11.1. The van der Waals surface area contributed by atoms with E-state index < -0.39 is 0 Å². The number of hydrogen-bond donors (Lipinski definition) is 0. The molecule has 0 heterocycles. The summed E-state index contributed by atoms with van der Waals surface area (Å²) >= 11 is 0. The van der Waals surface area contributed by atoms with E-state index in [-0.39, 0.29) is 11.9 Å². The van der Waals surface area contributed by atoms with Crippen LogP contribution in [0.2, 0.25) is 0 Å². The molecular formula is C27H34O4. The van der Waals surface area contributed by atoms with Crippen molar-refractivity contribution in [3.63, 3.8) is 0 Å². The Hall–Kier alpha value is -3.14. The van der Waals surface area contributed by atoms with Crippen molar-refractivity contribution < 1.29 is 19.1 Å². The lowest BCUT2D eigenvalue weighted by Crippen LogP contribution is -2.06. The second-order valence-corrected chi connectivity index (χ2v) is 7.17. The summed E-state index contributed by atoms with van der Waals surface area (Å²) in [5.41, 5.74) is 3.12. The zero-order valence-corrected chi connectivity index (χ0v) is 18.6. The van der Waals surface area contributed by atoms with Crippen LogP contribution in [0, 0.1) is 0 Å². The lowest BCUT2D eigenvalue weighted by molar-refractivity contribution is -0.139. The monoisotopic (exact) mass is 422 g/mol. The molecule has 4 nitrogen and oxygen atoms in total. The van der Waals surface area contributed by atoms with E-state index in [1.54, 1.807) is 6.92 Å². The van der Waals surface area contributed by atoms with Crippen LogP contribution >= 0.6 is 0 Å². The number of carbonyl (C=O) groups is 2. The standard InChI is InChI=1S/C14H18O2.C13H16O2/c1-12(2)14(15)16-11-7-6-10-13-8-4-3-5-9-13;1-2-13(14)15-11-7-6-10-12-8-4-3-5-9-12/h3-5,8-9H,1,6-7,10-11H2,2H3;2-5,8-9H,1,6-7,10-11H2. The van der Waals surface area contributed by atoms with Crippen LogP contribution in [0.4, 0.5) is 0 Å². The number of esters is 2. The van der Waals surface area contributed by atoms with E-state index >= 15 is 0 Å². The van der Waals surface area contributed by atoms with E-state index in [2.05, 4.69) is 37.4 Å². The summed E-state index contributed by atoms with van der Waals surface area (Å²) in [6.07, 6.45) is 7.12. The highest BCUT2D eigenvalue weighted by Gasteiger charge is 2.01. The minimum absolute atomic E-state index is 0.292. The van der Waals surface area contributed by atoms with Gasteiger partial charge in [0.25, 0.3) is 0 Å². The van der Waals surface area contributed by atoms with Crippen molar-refractivity contribution in [1.82, 2.24) is 0 Å². The fourth-order valence-electron chi connectivity index (χ4n) is 2.67. The summed E-state index contributed by atoms with van der Waals surface area (Å²) in [7, 11) is 0. The van der Waals surface area contributed by atoms with Crippen molar-refractivity contribution in [3.05, 3.63) is 96.6 Å². The van der Waals surface area contributed by atoms with Gasteiger partial charge in [0.05, 0.1) is 13.2 Å². The van der Waals surface area contributed by atoms with Crippen molar-refractivity contribution >= 4 is 11.9 Å². The van der Waals surface area contributed by atoms with Crippen LogP contribution in [0.15, 0.2) is 85.5 Å². The molecule has 0 fully saturated rings. The lowest BCUT2D eigenvalue weighted by atomic mass is 10.1. The lowest BCUT2D eigenvalue weighted by Gasteiger charge is -2.04. The predicted molar refractivity (Wildman–Crippen MR) is 126 cm³/mol. The fraction of sp³-hybridized carbons (Fsp3) is 0.333. The Labute approximate surface area is 186 Å². The molecule has 2 rings (SSSR count). The average Bonchev–Trinajstić information content (AvgIpc) is 2.80. The summed E-state index contributed by atoms with van der Waals surface area (Å²) < 4.78 is 9.88. The van der Waals surface area contributed by atoms with Gasteiger partial charge in [-0.3, -0.25) is 0 Å². The van der Waals surface area contributed by atoms with Gasteiger partial charge in [0.1, 0.15) is 0 Å². The van der Waals surface area contributed by atoms with Gasteiger partial charge in [-0.15, -0.1) is 0 Å². The summed E-state index contributed by atoms with van der Waals surface area (Å²) in [6.45, 7) is 9.49. The molecule has 0 N–H and O–H groups in total. The third kappa shape index (κ3) is 13.7. The van der Waals surface area contributed by atoms with Gasteiger partial charge in [0.15, 0.2) is 0 Å². The zero-order valence-electron chi connectivity index (χ0n) is 18.6. The highest BCUT2D eigenvalue weighted by Crippen LogP contribution is 2.05. The molecular weight excluding hydrogens is 388 g/mol. The second kappa shape index (κ2) is 16.6. The molecule has 2 aromatic carbocycles. The molecule has 0 spiro atoms. The van der Waals surface area contributed by atoms with Gasteiger partial charge in [-0.2, -0.15) is 0 Å². The van der Waals surface area contributed by atoms with E-state index in [1.807, 2.05) is 36.4 Å². The quantitative estimate of drug-likeness (QED) is 0.244. The van der Waals surface area contributed by atoms with E-state index in [0.29, 0.717) is 18.8 Å². The van der Waals surface area contributed by atoms with E-state index in [0.717, 1.165) is 38.5 Å². The smallest absolute Gasteiger partial charge is 0.333 e. The number of rotatable bonds is 12. The van der Waals surface area contributed by atoms with Crippen molar-refractivity contribution in [1.29, 1.82) is 0 Å². The Morgan fingerprint density at radius 1 is 0.774 bits per heavy atom. The molecule has 0 saturated heterocycles. The van der Waals surface area contributed by atoms with Gasteiger partial charge in [-0.1, -0.05) is 73.8 Å². The molecule has 31 heavy (non-hydrogen) atoms.